The maximum absolute atomic E-state index is 12.5. The van der Waals surface area contributed by atoms with E-state index >= 15 is 0 Å². The third-order valence-corrected chi connectivity index (χ3v) is 4.92. The van der Waals surface area contributed by atoms with Gasteiger partial charge in [0.1, 0.15) is 5.82 Å². The predicted octanol–water partition coefficient (Wildman–Crippen LogP) is 2.34. The number of hydrogen-bond acceptors (Lipinski definition) is 4. The molecule has 1 aromatic carbocycles. The molecular formula is C19H23N5O. The fourth-order valence-corrected chi connectivity index (χ4v) is 3.53. The molecule has 4 rings (SSSR count). The van der Waals surface area contributed by atoms with Gasteiger partial charge in [0.15, 0.2) is 0 Å². The average molecular weight is 337 g/mol. The van der Waals surface area contributed by atoms with Crippen molar-refractivity contribution < 1.29 is 0 Å². The van der Waals surface area contributed by atoms with Crippen molar-refractivity contribution in [3.8, 4) is 0 Å². The summed E-state index contributed by atoms with van der Waals surface area (Å²) in [5, 5.41) is 5.85. The van der Waals surface area contributed by atoms with E-state index in [2.05, 4.69) is 32.1 Å². The number of para-hydroxylation sites is 1. The topological polar surface area (TPSA) is 66.8 Å². The first-order chi connectivity index (χ1) is 12.0. The maximum Gasteiger partial charge on any atom is 0.255 e. The Hall–Kier alpha value is -2.47. The second-order valence-corrected chi connectivity index (χ2v) is 7.08. The van der Waals surface area contributed by atoms with E-state index in [1.54, 1.807) is 0 Å². The third-order valence-electron chi connectivity index (χ3n) is 4.92. The zero-order valence-corrected chi connectivity index (χ0v) is 14.9. The monoisotopic (exact) mass is 337 g/mol. The second-order valence-electron chi connectivity index (χ2n) is 7.08. The molecule has 0 saturated carbocycles. The number of fused-ring (bicyclic) bond motifs is 2. The molecule has 6 heteroatoms. The van der Waals surface area contributed by atoms with E-state index in [9.17, 15) is 4.79 Å². The van der Waals surface area contributed by atoms with E-state index in [1.165, 1.54) is 5.39 Å². The quantitative estimate of drug-likeness (QED) is 0.797. The molecule has 0 spiro atoms. The molecule has 3 aromatic rings. The summed E-state index contributed by atoms with van der Waals surface area (Å²) in [6.07, 6.45) is 0.809. The lowest BCUT2D eigenvalue weighted by molar-refractivity contribution is 0.238. The smallest absolute Gasteiger partial charge is 0.255 e. The minimum atomic E-state index is 0.00396. The van der Waals surface area contributed by atoms with Gasteiger partial charge in [-0.15, -0.1) is 0 Å². The highest BCUT2D eigenvalue weighted by atomic mass is 16.1. The maximum atomic E-state index is 12.5. The number of aromatic amines is 1. The molecule has 0 fully saturated rings. The zero-order valence-electron chi connectivity index (χ0n) is 14.9. The van der Waals surface area contributed by atoms with Crippen LogP contribution in [0, 0.1) is 0 Å². The Labute approximate surface area is 146 Å². The Kier molecular flexibility index (Phi) is 3.92. The minimum Gasteiger partial charge on any atom is -0.310 e. The molecule has 6 nitrogen and oxygen atoms in total. The van der Waals surface area contributed by atoms with Gasteiger partial charge in [-0.1, -0.05) is 32.0 Å². The molecule has 25 heavy (non-hydrogen) atoms. The van der Waals surface area contributed by atoms with Crippen LogP contribution in [0.4, 0.5) is 0 Å². The summed E-state index contributed by atoms with van der Waals surface area (Å²) in [5.41, 5.74) is 3.95. The van der Waals surface area contributed by atoms with Crippen LogP contribution in [0.5, 0.6) is 0 Å². The highest BCUT2D eigenvalue weighted by Crippen LogP contribution is 2.22. The van der Waals surface area contributed by atoms with E-state index in [-0.39, 0.29) is 11.5 Å². The van der Waals surface area contributed by atoms with Gasteiger partial charge in [-0.05, 0) is 6.07 Å². The van der Waals surface area contributed by atoms with Crippen LogP contribution in [0.2, 0.25) is 0 Å². The summed E-state index contributed by atoms with van der Waals surface area (Å²) in [6, 6.07) is 8.27. The van der Waals surface area contributed by atoms with Crippen LogP contribution in [0.25, 0.3) is 10.9 Å². The molecule has 1 aliphatic heterocycles. The number of hydrogen-bond donors (Lipinski definition) is 1. The van der Waals surface area contributed by atoms with Crippen LogP contribution < -0.4 is 5.56 Å². The Balaban J connectivity index is 1.61. The van der Waals surface area contributed by atoms with Gasteiger partial charge in [0.2, 0.25) is 0 Å². The van der Waals surface area contributed by atoms with Crippen LogP contribution in [-0.2, 0) is 26.6 Å². The molecule has 1 N–H and O–H groups in total. The molecule has 0 amide bonds. The Morgan fingerprint density at radius 3 is 2.88 bits per heavy atom. The molecule has 1 aliphatic rings. The summed E-state index contributed by atoms with van der Waals surface area (Å²) >= 11 is 0. The predicted molar refractivity (Wildman–Crippen MR) is 97.5 cm³/mol. The Morgan fingerprint density at radius 2 is 2.08 bits per heavy atom. The van der Waals surface area contributed by atoms with Crippen molar-refractivity contribution in [3.63, 3.8) is 0 Å². The van der Waals surface area contributed by atoms with Gasteiger partial charge in [-0.2, -0.15) is 5.10 Å². The van der Waals surface area contributed by atoms with Gasteiger partial charge in [-0.3, -0.25) is 14.4 Å². The summed E-state index contributed by atoms with van der Waals surface area (Å²) in [6.45, 7) is 6.36. The van der Waals surface area contributed by atoms with E-state index in [4.69, 9.17) is 0 Å². The van der Waals surface area contributed by atoms with Gasteiger partial charge in [0, 0.05) is 44.4 Å². The molecule has 0 unspecified atom stereocenters. The van der Waals surface area contributed by atoms with E-state index < -0.39 is 0 Å². The van der Waals surface area contributed by atoms with Gasteiger partial charge < -0.3 is 4.98 Å². The molecule has 130 valence electrons. The molecule has 0 radical (unpaired) electrons. The number of aryl methyl sites for hydroxylation is 1. The number of benzene rings is 1. The van der Waals surface area contributed by atoms with Crippen LogP contribution in [0.1, 0.15) is 42.5 Å². The van der Waals surface area contributed by atoms with Crippen molar-refractivity contribution >= 4 is 10.9 Å². The first kappa shape index (κ1) is 16.0. The van der Waals surface area contributed by atoms with Crippen molar-refractivity contribution in [3.05, 3.63) is 57.4 Å². The van der Waals surface area contributed by atoms with Crippen LogP contribution in [0.15, 0.2) is 29.1 Å². The molecule has 0 aliphatic carbocycles. The van der Waals surface area contributed by atoms with E-state index in [0.29, 0.717) is 6.54 Å². The lowest BCUT2D eigenvalue weighted by Crippen LogP contribution is -2.36. The van der Waals surface area contributed by atoms with Crippen LogP contribution >= 0.6 is 0 Å². The fraction of sp³-hybridized carbons (Fsp3) is 0.421. The van der Waals surface area contributed by atoms with Crippen LogP contribution in [-0.4, -0.2) is 31.2 Å². The summed E-state index contributed by atoms with van der Waals surface area (Å²) in [4.78, 5) is 22.3. The molecule has 0 saturated heterocycles. The normalized spacial score (nSPS) is 15.0. The highest BCUT2D eigenvalue weighted by molar-refractivity contribution is 5.81. The third kappa shape index (κ3) is 2.87. The number of nitrogens with zero attached hydrogens (tertiary/aromatic N) is 4. The van der Waals surface area contributed by atoms with Gasteiger partial charge in [0.25, 0.3) is 5.56 Å². The molecule has 3 heterocycles. The molecule has 2 aromatic heterocycles. The van der Waals surface area contributed by atoms with Crippen molar-refractivity contribution in [2.75, 3.05) is 6.54 Å². The average Bonchev–Trinajstić information content (AvgIpc) is 2.91. The zero-order chi connectivity index (χ0) is 17.6. The van der Waals surface area contributed by atoms with Gasteiger partial charge in [0.05, 0.1) is 22.5 Å². The summed E-state index contributed by atoms with van der Waals surface area (Å²) < 4.78 is 1.92. The van der Waals surface area contributed by atoms with Crippen LogP contribution in [0.3, 0.4) is 0 Å². The van der Waals surface area contributed by atoms with Crippen molar-refractivity contribution in [2.24, 2.45) is 7.05 Å². The van der Waals surface area contributed by atoms with Crippen molar-refractivity contribution in [1.82, 2.24) is 24.6 Å². The largest absolute Gasteiger partial charge is 0.310 e. The lowest BCUT2D eigenvalue weighted by Gasteiger charge is -2.27. The number of rotatable bonds is 3. The van der Waals surface area contributed by atoms with Gasteiger partial charge in [-0.25, -0.2) is 4.98 Å². The second kappa shape index (κ2) is 6.11. The number of aromatic nitrogens is 4. The van der Waals surface area contributed by atoms with Crippen molar-refractivity contribution in [1.29, 1.82) is 0 Å². The minimum absolute atomic E-state index is 0.00396. The number of H-pyrrole nitrogens is 1. The SMILES string of the molecule is CC(C)c1nc2c(c(=O)[nH]1)CN(Cc1nn(C)c3ccccc13)CC2. The molecular weight excluding hydrogens is 314 g/mol. The fourth-order valence-electron chi connectivity index (χ4n) is 3.53. The molecule has 0 atom stereocenters. The molecule has 0 bridgehead atoms. The first-order valence-corrected chi connectivity index (χ1v) is 8.78. The Morgan fingerprint density at radius 1 is 1.28 bits per heavy atom. The lowest BCUT2D eigenvalue weighted by atomic mass is 10.1. The highest BCUT2D eigenvalue weighted by Gasteiger charge is 2.23. The summed E-state index contributed by atoms with van der Waals surface area (Å²) in [7, 11) is 1.97. The standard InChI is InChI=1S/C19H23N5O/c1-12(2)18-20-15-8-9-24(10-14(15)19(25)21-18)11-16-13-6-4-5-7-17(13)23(3)22-16/h4-7,12H,8-11H2,1-3H3,(H,20,21,25). The van der Waals surface area contributed by atoms with Crippen molar-refractivity contribution in [2.45, 2.75) is 39.3 Å². The van der Waals surface area contributed by atoms with E-state index in [0.717, 1.165) is 47.8 Å². The van der Waals surface area contributed by atoms with Gasteiger partial charge >= 0.3 is 0 Å². The Bertz CT molecular complexity index is 985. The summed E-state index contributed by atoms with van der Waals surface area (Å²) in [5.74, 6) is 1.02. The number of nitrogens with one attached hydrogen (secondary N) is 1. The van der Waals surface area contributed by atoms with E-state index in [1.807, 2.05) is 37.7 Å². The first-order valence-electron chi connectivity index (χ1n) is 8.78.